The van der Waals surface area contributed by atoms with Crippen molar-refractivity contribution in [3.63, 3.8) is 0 Å². The Morgan fingerprint density at radius 3 is 2.06 bits per heavy atom. The summed E-state index contributed by atoms with van der Waals surface area (Å²) in [5.74, 6) is -2.92. The van der Waals surface area contributed by atoms with Gasteiger partial charge in [0.1, 0.15) is 6.10 Å². The van der Waals surface area contributed by atoms with Crippen LogP contribution in [0.4, 0.5) is 0 Å². The molecule has 2 aromatic carbocycles. The molecule has 4 atom stereocenters. The zero-order valence-corrected chi connectivity index (χ0v) is 18.1. The van der Waals surface area contributed by atoms with Crippen molar-refractivity contribution >= 4 is 29.1 Å². The second kappa shape index (κ2) is 6.98. The molecule has 0 radical (unpaired) electrons. The molecule has 6 nitrogen and oxygen atoms in total. The van der Waals surface area contributed by atoms with Crippen molar-refractivity contribution in [1.82, 2.24) is 0 Å². The molecule has 2 aliphatic heterocycles. The lowest BCUT2D eigenvalue weighted by Crippen LogP contribution is -2.57. The van der Waals surface area contributed by atoms with Gasteiger partial charge in [-0.2, -0.15) is 15.8 Å². The average Bonchev–Trinajstić information content (AvgIpc) is 2.91. The molecule has 0 saturated carbocycles. The highest BCUT2D eigenvalue weighted by atomic mass is 35.5. The van der Waals surface area contributed by atoms with Crippen LogP contribution in [0.15, 0.2) is 42.5 Å². The minimum Gasteiger partial charge on any atom is -0.443 e. The first-order valence-corrected chi connectivity index (χ1v) is 10.2. The fourth-order valence-corrected chi connectivity index (χ4v) is 5.27. The third-order valence-electron chi connectivity index (χ3n) is 6.38. The molecule has 2 aliphatic rings. The van der Waals surface area contributed by atoms with Gasteiger partial charge in [-0.3, -0.25) is 5.41 Å². The third-order valence-corrected chi connectivity index (χ3v) is 7.04. The van der Waals surface area contributed by atoms with Crippen molar-refractivity contribution in [1.29, 1.82) is 21.2 Å². The van der Waals surface area contributed by atoms with Crippen LogP contribution >= 0.6 is 23.2 Å². The fraction of sp³-hybridized carbons (Fsp3) is 0.304. The van der Waals surface area contributed by atoms with Crippen molar-refractivity contribution in [2.45, 2.75) is 25.7 Å². The molecule has 2 fully saturated rings. The molecule has 154 valence electrons. The maximum absolute atomic E-state index is 10.3. The van der Waals surface area contributed by atoms with Crippen molar-refractivity contribution in [3.8, 4) is 18.2 Å². The van der Waals surface area contributed by atoms with Crippen molar-refractivity contribution < 1.29 is 9.47 Å². The predicted octanol–water partition coefficient (Wildman–Crippen LogP) is 5.41. The number of aryl methyl sites for hydroxylation is 1. The van der Waals surface area contributed by atoms with Crippen molar-refractivity contribution in [2.24, 2.45) is 16.7 Å². The van der Waals surface area contributed by atoms with Gasteiger partial charge in [-0.1, -0.05) is 66.0 Å². The van der Waals surface area contributed by atoms with E-state index in [-0.39, 0.29) is 15.6 Å². The van der Waals surface area contributed by atoms with Gasteiger partial charge in [-0.05, 0) is 19.1 Å². The Balaban J connectivity index is 2.09. The van der Waals surface area contributed by atoms with E-state index in [4.69, 9.17) is 38.1 Å². The second-order valence-corrected chi connectivity index (χ2v) is 8.59. The molecule has 1 N–H and O–H groups in total. The van der Waals surface area contributed by atoms with Gasteiger partial charge in [-0.15, -0.1) is 0 Å². The lowest BCUT2D eigenvalue weighted by atomic mass is 9.53. The highest BCUT2D eigenvalue weighted by Crippen LogP contribution is 2.69. The quantitative estimate of drug-likeness (QED) is 0.656. The topological polar surface area (TPSA) is 114 Å². The van der Waals surface area contributed by atoms with Crippen LogP contribution < -0.4 is 0 Å². The van der Waals surface area contributed by atoms with E-state index in [2.05, 4.69) is 6.07 Å². The summed E-state index contributed by atoms with van der Waals surface area (Å²) < 4.78 is 12.4. The molecule has 4 unspecified atom stereocenters. The summed E-state index contributed by atoms with van der Waals surface area (Å²) in [5, 5.41) is 39.8. The minimum absolute atomic E-state index is 0.181. The Hall–Kier alpha value is -3.08. The molecule has 4 rings (SSSR count). The number of nitrogens with one attached hydrogen (secondary N) is 1. The summed E-state index contributed by atoms with van der Waals surface area (Å²) >= 11 is 12.9. The molecule has 2 heterocycles. The van der Waals surface area contributed by atoms with Gasteiger partial charge >= 0.3 is 0 Å². The highest BCUT2D eigenvalue weighted by Gasteiger charge is 2.80. The average molecular weight is 451 g/mol. The molecular weight excluding hydrogens is 435 g/mol. The van der Waals surface area contributed by atoms with Crippen LogP contribution in [0, 0.1) is 63.1 Å². The standard InChI is InChI=1S/C23H16Cl2N4O2/c1-13-6-8-15(9-7-13)23-14(2)22(12-28,20(29)31-23)21(10-26,11-27)19(30-23)18-16(24)4-3-5-17(18)25/h3-9,14,19,29H,1-2H3. The lowest BCUT2D eigenvalue weighted by Gasteiger charge is -2.49. The highest BCUT2D eigenvalue weighted by molar-refractivity contribution is 6.36. The number of hydrogen-bond acceptors (Lipinski definition) is 6. The second-order valence-electron chi connectivity index (χ2n) is 7.77. The number of benzene rings is 2. The zero-order valence-electron chi connectivity index (χ0n) is 16.6. The summed E-state index contributed by atoms with van der Waals surface area (Å²) in [5.41, 5.74) is -2.28. The van der Waals surface area contributed by atoms with E-state index in [0.29, 0.717) is 5.56 Å². The number of nitrogens with zero attached hydrogens (tertiary/aromatic N) is 3. The maximum Gasteiger partial charge on any atom is 0.244 e. The molecule has 0 spiro atoms. The number of fused-ring (bicyclic) bond motifs is 2. The molecule has 31 heavy (non-hydrogen) atoms. The first kappa shape index (κ1) is 21.2. The summed E-state index contributed by atoms with van der Waals surface area (Å²) in [6.45, 7) is 3.57. The number of halogens is 2. The van der Waals surface area contributed by atoms with E-state index in [0.717, 1.165) is 5.56 Å². The minimum atomic E-state index is -2.13. The summed E-state index contributed by atoms with van der Waals surface area (Å²) in [6, 6.07) is 18.1. The molecule has 8 heteroatoms. The lowest BCUT2D eigenvalue weighted by molar-refractivity contribution is -0.288. The van der Waals surface area contributed by atoms with E-state index in [9.17, 15) is 15.8 Å². The summed E-state index contributed by atoms with van der Waals surface area (Å²) in [4.78, 5) is 0. The van der Waals surface area contributed by atoms with Crippen LogP contribution in [0.2, 0.25) is 10.0 Å². The molecule has 0 aliphatic carbocycles. The van der Waals surface area contributed by atoms with Gasteiger partial charge in [0.05, 0.1) is 24.1 Å². The SMILES string of the molecule is Cc1ccc(C23OC(=N)C(C#N)(C2C)C(C#N)(C#N)C(c2c(Cl)cccc2Cl)O3)cc1. The van der Waals surface area contributed by atoms with Gasteiger partial charge in [0.2, 0.25) is 17.1 Å². The fourth-order valence-electron chi connectivity index (χ4n) is 4.67. The number of rotatable bonds is 2. The van der Waals surface area contributed by atoms with Gasteiger partial charge < -0.3 is 9.47 Å². The smallest absolute Gasteiger partial charge is 0.244 e. The Kier molecular flexibility index (Phi) is 4.76. The zero-order chi connectivity index (χ0) is 22.6. The van der Waals surface area contributed by atoms with E-state index in [1.165, 1.54) is 0 Å². The first-order chi connectivity index (χ1) is 14.7. The molecule has 2 aromatic rings. The van der Waals surface area contributed by atoms with Crippen molar-refractivity contribution in [3.05, 3.63) is 69.2 Å². The van der Waals surface area contributed by atoms with Gasteiger partial charge in [0.15, 0.2) is 5.41 Å². The van der Waals surface area contributed by atoms with E-state index < -0.39 is 34.5 Å². The molecule has 0 aromatic heterocycles. The number of nitriles is 3. The third kappa shape index (κ3) is 2.43. The largest absolute Gasteiger partial charge is 0.443 e. The van der Waals surface area contributed by atoms with E-state index in [1.54, 1.807) is 37.3 Å². The predicted molar refractivity (Wildman–Crippen MR) is 113 cm³/mol. The van der Waals surface area contributed by atoms with Crippen LogP contribution in [0.25, 0.3) is 0 Å². The molecule has 0 amide bonds. The van der Waals surface area contributed by atoms with Crippen LogP contribution in [-0.4, -0.2) is 5.90 Å². The van der Waals surface area contributed by atoms with Gasteiger partial charge in [0, 0.05) is 21.2 Å². The Morgan fingerprint density at radius 1 is 0.968 bits per heavy atom. The van der Waals surface area contributed by atoms with Gasteiger partial charge in [-0.25, -0.2) is 0 Å². The van der Waals surface area contributed by atoms with Crippen LogP contribution in [0.1, 0.15) is 29.7 Å². The molecule has 2 bridgehead atoms. The van der Waals surface area contributed by atoms with Crippen molar-refractivity contribution in [2.75, 3.05) is 0 Å². The van der Waals surface area contributed by atoms with Crippen LogP contribution in [-0.2, 0) is 15.3 Å². The van der Waals surface area contributed by atoms with E-state index >= 15 is 0 Å². The number of hydrogen-bond donors (Lipinski definition) is 1. The molecular formula is C23H16Cl2N4O2. The van der Waals surface area contributed by atoms with Gasteiger partial charge in [0.25, 0.3) is 0 Å². The first-order valence-electron chi connectivity index (χ1n) is 9.44. The summed E-state index contributed by atoms with van der Waals surface area (Å²) in [6.07, 6.45) is -1.34. The molecule has 2 saturated heterocycles. The monoisotopic (exact) mass is 450 g/mol. The Labute approximate surface area is 189 Å². The van der Waals surface area contributed by atoms with E-state index in [1.807, 2.05) is 31.2 Å². The Morgan fingerprint density at radius 2 is 1.55 bits per heavy atom. The summed E-state index contributed by atoms with van der Waals surface area (Å²) in [7, 11) is 0. The van der Waals surface area contributed by atoms with Crippen LogP contribution in [0.3, 0.4) is 0 Å². The number of ether oxygens (including phenoxy) is 2. The Bertz CT molecular complexity index is 1190. The van der Waals surface area contributed by atoms with Crippen LogP contribution in [0.5, 0.6) is 0 Å². The maximum atomic E-state index is 10.3. The normalized spacial score (nSPS) is 30.5.